The van der Waals surface area contributed by atoms with Gasteiger partial charge in [-0.1, -0.05) is 6.42 Å². The van der Waals surface area contributed by atoms with Gasteiger partial charge in [0.1, 0.15) is 11.5 Å². The SMILES string of the molecule is CCNc1cnc(C(=O)NC(C)C2CC3CCC2C3)cn1. The number of rotatable bonds is 5. The number of carbonyl (C=O) groups is 1. The third-order valence-corrected chi connectivity index (χ3v) is 5.04. The molecule has 4 unspecified atom stereocenters. The Morgan fingerprint density at radius 1 is 1.33 bits per heavy atom. The Labute approximate surface area is 125 Å². The zero-order valence-corrected chi connectivity index (χ0v) is 12.8. The standard InChI is InChI=1S/C16H24N4O/c1-3-17-15-9-18-14(8-19-15)16(21)20-10(2)13-7-11-4-5-12(13)6-11/h8-13H,3-7H2,1-2H3,(H,17,19)(H,20,21). The molecule has 2 aliphatic carbocycles. The van der Waals surface area contributed by atoms with E-state index in [0.717, 1.165) is 18.4 Å². The van der Waals surface area contributed by atoms with E-state index in [1.165, 1.54) is 25.7 Å². The van der Waals surface area contributed by atoms with E-state index < -0.39 is 0 Å². The summed E-state index contributed by atoms with van der Waals surface area (Å²) in [6.07, 6.45) is 8.52. The van der Waals surface area contributed by atoms with Crippen molar-refractivity contribution in [2.45, 2.75) is 45.6 Å². The topological polar surface area (TPSA) is 66.9 Å². The minimum atomic E-state index is -0.110. The fourth-order valence-electron chi connectivity index (χ4n) is 4.01. The van der Waals surface area contributed by atoms with Gasteiger partial charge in [0.05, 0.1) is 12.4 Å². The molecule has 1 heterocycles. The molecule has 1 amide bonds. The quantitative estimate of drug-likeness (QED) is 0.873. The van der Waals surface area contributed by atoms with Gasteiger partial charge in [-0.25, -0.2) is 9.97 Å². The molecule has 5 nitrogen and oxygen atoms in total. The summed E-state index contributed by atoms with van der Waals surface area (Å²) >= 11 is 0. The van der Waals surface area contributed by atoms with E-state index in [9.17, 15) is 4.79 Å². The van der Waals surface area contributed by atoms with E-state index in [0.29, 0.717) is 17.4 Å². The summed E-state index contributed by atoms with van der Waals surface area (Å²) in [5.74, 6) is 2.95. The Kier molecular flexibility index (Phi) is 4.08. The zero-order chi connectivity index (χ0) is 14.8. The summed E-state index contributed by atoms with van der Waals surface area (Å²) in [5, 5.41) is 6.18. The fourth-order valence-corrected chi connectivity index (χ4v) is 4.01. The second-order valence-electron chi connectivity index (χ2n) is 6.42. The predicted molar refractivity (Wildman–Crippen MR) is 82.1 cm³/mol. The van der Waals surface area contributed by atoms with Crippen LogP contribution in [0.4, 0.5) is 5.82 Å². The van der Waals surface area contributed by atoms with E-state index in [2.05, 4.69) is 27.5 Å². The highest BCUT2D eigenvalue weighted by atomic mass is 16.1. The van der Waals surface area contributed by atoms with Gasteiger partial charge < -0.3 is 10.6 Å². The van der Waals surface area contributed by atoms with Crippen molar-refractivity contribution in [1.29, 1.82) is 0 Å². The number of carbonyl (C=O) groups excluding carboxylic acids is 1. The number of hydrogen-bond donors (Lipinski definition) is 2. The van der Waals surface area contributed by atoms with Crippen LogP contribution in [0.2, 0.25) is 0 Å². The predicted octanol–water partition coefficient (Wildman–Crippen LogP) is 2.46. The van der Waals surface area contributed by atoms with Gasteiger partial charge in [-0.3, -0.25) is 4.79 Å². The van der Waals surface area contributed by atoms with Crippen molar-refractivity contribution in [1.82, 2.24) is 15.3 Å². The number of aromatic nitrogens is 2. The minimum Gasteiger partial charge on any atom is -0.369 e. The lowest BCUT2D eigenvalue weighted by Gasteiger charge is -2.28. The smallest absolute Gasteiger partial charge is 0.271 e. The van der Waals surface area contributed by atoms with Crippen LogP contribution < -0.4 is 10.6 Å². The molecule has 0 spiro atoms. The summed E-state index contributed by atoms with van der Waals surface area (Å²) in [6.45, 7) is 4.92. The van der Waals surface area contributed by atoms with Gasteiger partial charge in [-0.05, 0) is 50.9 Å². The molecule has 0 saturated heterocycles. The first-order valence-electron chi connectivity index (χ1n) is 8.04. The molecule has 1 aromatic heterocycles. The van der Waals surface area contributed by atoms with Crippen LogP contribution >= 0.6 is 0 Å². The van der Waals surface area contributed by atoms with E-state index in [1.807, 2.05) is 6.92 Å². The third kappa shape index (κ3) is 3.01. The molecule has 0 aliphatic heterocycles. The first-order chi connectivity index (χ1) is 10.2. The molecule has 2 bridgehead atoms. The van der Waals surface area contributed by atoms with Crippen LogP contribution in [-0.2, 0) is 0 Å². The number of nitrogens with one attached hydrogen (secondary N) is 2. The molecule has 3 rings (SSSR count). The molecule has 2 aliphatic rings. The second-order valence-corrected chi connectivity index (χ2v) is 6.42. The van der Waals surface area contributed by atoms with Crippen molar-refractivity contribution in [2.75, 3.05) is 11.9 Å². The molecule has 0 aromatic carbocycles. The Bertz CT molecular complexity index is 502. The summed E-state index contributed by atoms with van der Waals surface area (Å²) in [5.41, 5.74) is 0.395. The van der Waals surface area contributed by atoms with Crippen molar-refractivity contribution in [2.24, 2.45) is 17.8 Å². The molecule has 2 fully saturated rings. The average Bonchev–Trinajstić information content (AvgIpc) is 3.11. The van der Waals surface area contributed by atoms with Crippen molar-refractivity contribution in [3.8, 4) is 0 Å². The van der Waals surface area contributed by atoms with Crippen LogP contribution in [0.15, 0.2) is 12.4 Å². The Hall–Kier alpha value is -1.65. The first-order valence-corrected chi connectivity index (χ1v) is 8.04. The molecule has 4 atom stereocenters. The van der Waals surface area contributed by atoms with Crippen LogP contribution in [0.25, 0.3) is 0 Å². The largest absolute Gasteiger partial charge is 0.369 e. The van der Waals surface area contributed by atoms with Crippen LogP contribution in [0.5, 0.6) is 0 Å². The number of hydrogen-bond acceptors (Lipinski definition) is 4. The van der Waals surface area contributed by atoms with Crippen molar-refractivity contribution < 1.29 is 4.79 Å². The van der Waals surface area contributed by atoms with Gasteiger partial charge in [0.25, 0.3) is 5.91 Å². The number of fused-ring (bicyclic) bond motifs is 2. The van der Waals surface area contributed by atoms with E-state index >= 15 is 0 Å². The maximum Gasteiger partial charge on any atom is 0.271 e. The maximum absolute atomic E-state index is 12.3. The summed E-state index contributed by atoms with van der Waals surface area (Å²) in [7, 11) is 0. The van der Waals surface area contributed by atoms with Crippen LogP contribution in [0.3, 0.4) is 0 Å². The number of nitrogens with zero attached hydrogens (tertiary/aromatic N) is 2. The highest BCUT2D eigenvalue weighted by molar-refractivity contribution is 5.92. The lowest BCUT2D eigenvalue weighted by atomic mass is 9.84. The van der Waals surface area contributed by atoms with Gasteiger partial charge in [0, 0.05) is 12.6 Å². The van der Waals surface area contributed by atoms with E-state index in [1.54, 1.807) is 12.4 Å². The molecule has 2 saturated carbocycles. The lowest BCUT2D eigenvalue weighted by Crippen LogP contribution is -2.40. The Morgan fingerprint density at radius 2 is 2.19 bits per heavy atom. The van der Waals surface area contributed by atoms with Crippen molar-refractivity contribution >= 4 is 11.7 Å². The van der Waals surface area contributed by atoms with E-state index in [4.69, 9.17) is 0 Å². The molecule has 1 aromatic rings. The maximum atomic E-state index is 12.3. The molecule has 0 radical (unpaired) electrons. The highest BCUT2D eigenvalue weighted by Gasteiger charge is 2.42. The monoisotopic (exact) mass is 288 g/mol. The Balaban J connectivity index is 1.58. The molecule has 5 heteroatoms. The third-order valence-electron chi connectivity index (χ3n) is 5.04. The van der Waals surface area contributed by atoms with E-state index in [-0.39, 0.29) is 11.9 Å². The molecule has 21 heavy (non-hydrogen) atoms. The normalized spacial score (nSPS) is 28.4. The Morgan fingerprint density at radius 3 is 2.76 bits per heavy atom. The fraction of sp³-hybridized carbons (Fsp3) is 0.688. The molecule has 2 N–H and O–H groups in total. The van der Waals surface area contributed by atoms with Crippen molar-refractivity contribution in [3.63, 3.8) is 0 Å². The average molecular weight is 288 g/mol. The summed E-state index contributed by atoms with van der Waals surface area (Å²) in [6, 6.07) is 0.225. The summed E-state index contributed by atoms with van der Waals surface area (Å²) in [4.78, 5) is 20.6. The lowest BCUT2D eigenvalue weighted by molar-refractivity contribution is 0.0910. The van der Waals surface area contributed by atoms with Gasteiger partial charge in [0.2, 0.25) is 0 Å². The second kappa shape index (κ2) is 6.00. The molecule has 114 valence electrons. The van der Waals surface area contributed by atoms with Gasteiger partial charge in [-0.15, -0.1) is 0 Å². The van der Waals surface area contributed by atoms with Crippen LogP contribution in [0, 0.1) is 17.8 Å². The van der Waals surface area contributed by atoms with Gasteiger partial charge >= 0.3 is 0 Å². The summed E-state index contributed by atoms with van der Waals surface area (Å²) < 4.78 is 0. The number of amides is 1. The zero-order valence-electron chi connectivity index (χ0n) is 12.8. The van der Waals surface area contributed by atoms with Gasteiger partial charge in [0.15, 0.2) is 0 Å². The number of anilines is 1. The molecular formula is C16H24N4O. The van der Waals surface area contributed by atoms with Crippen LogP contribution in [-0.4, -0.2) is 28.5 Å². The van der Waals surface area contributed by atoms with Crippen molar-refractivity contribution in [3.05, 3.63) is 18.1 Å². The molecular weight excluding hydrogens is 264 g/mol. The van der Waals surface area contributed by atoms with Crippen LogP contribution in [0.1, 0.15) is 50.0 Å². The first kappa shape index (κ1) is 14.3. The highest BCUT2D eigenvalue weighted by Crippen LogP contribution is 2.49. The minimum absolute atomic E-state index is 0.110. The van der Waals surface area contributed by atoms with Gasteiger partial charge in [-0.2, -0.15) is 0 Å².